The Balaban J connectivity index is 1.63. The minimum Gasteiger partial charge on any atom is -0.337 e. The molecule has 3 rings (SSSR count). The highest BCUT2D eigenvalue weighted by molar-refractivity contribution is 5.94. The summed E-state index contributed by atoms with van der Waals surface area (Å²) in [4.78, 5) is 28.9. The molecule has 3 heterocycles. The number of aromatic nitrogens is 1. The van der Waals surface area contributed by atoms with E-state index in [2.05, 4.69) is 18.7 Å². The molecule has 1 spiro atoms. The molecule has 2 aliphatic heterocycles. The van der Waals surface area contributed by atoms with Gasteiger partial charge in [-0.3, -0.25) is 9.59 Å². The summed E-state index contributed by atoms with van der Waals surface area (Å²) in [6, 6.07) is 3.39. The molecule has 1 amide bonds. The van der Waals surface area contributed by atoms with Crippen molar-refractivity contribution in [2.75, 3.05) is 32.7 Å². The van der Waals surface area contributed by atoms with Crippen LogP contribution >= 0.6 is 0 Å². The molecule has 0 saturated carbocycles. The zero-order valence-electron chi connectivity index (χ0n) is 13.7. The Bertz CT molecular complexity index is 629. The minimum absolute atomic E-state index is 0.117. The van der Waals surface area contributed by atoms with Gasteiger partial charge in [0.2, 0.25) is 0 Å². The lowest BCUT2D eigenvalue weighted by Crippen LogP contribution is -2.60. The lowest BCUT2D eigenvalue weighted by Gasteiger charge is -2.48. The number of pyridine rings is 1. The second kappa shape index (κ2) is 5.54. The maximum atomic E-state index is 12.5. The predicted molar refractivity (Wildman–Crippen MR) is 85.9 cm³/mol. The van der Waals surface area contributed by atoms with Gasteiger partial charge in [0.05, 0.1) is 0 Å². The summed E-state index contributed by atoms with van der Waals surface area (Å²) in [6.07, 6.45) is 2.84. The zero-order chi connectivity index (χ0) is 15.9. The number of hydrogen-bond acceptors (Lipinski definition) is 3. The monoisotopic (exact) mass is 303 g/mol. The van der Waals surface area contributed by atoms with Gasteiger partial charge in [0, 0.05) is 44.8 Å². The molecule has 1 aromatic heterocycles. The number of amides is 1. The number of hydrogen-bond donors (Lipinski definition) is 0. The molecule has 5 nitrogen and oxygen atoms in total. The van der Waals surface area contributed by atoms with Gasteiger partial charge in [-0.1, -0.05) is 13.8 Å². The molecule has 0 radical (unpaired) electrons. The Kier molecular flexibility index (Phi) is 3.85. The van der Waals surface area contributed by atoms with Gasteiger partial charge in [0.25, 0.3) is 11.5 Å². The number of carbonyl (C=O) groups is 1. The van der Waals surface area contributed by atoms with E-state index in [-0.39, 0.29) is 22.4 Å². The van der Waals surface area contributed by atoms with Crippen LogP contribution in [0.25, 0.3) is 0 Å². The van der Waals surface area contributed by atoms with Crippen LogP contribution < -0.4 is 5.56 Å². The van der Waals surface area contributed by atoms with Crippen molar-refractivity contribution in [3.63, 3.8) is 0 Å². The van der Waals surface area contributed by atoms with Gasteiger partial charge < -0.3 is 14.4 Å². The molecule has 22 heavy (non-hydrogen) atoms. The van der Waals surface area contributed by atoms with Gasteiger partial charge in [-0.25, -0.2) is 0 Å². The summed E-state index contributed by atoms with van der Waals surface area (Å²) in [6.45, 7) is 9.42. The van der Waals surface area contributed by atoms with Crippen LogP contribution in [-0.4, -0.2) is 53.0 Å². The van der Waals surface area contributed by atoms with Crippen LogP contribution in [0.15, 0.2) is 23.1 Å². The first-order valence-corrected chi connectivity index (χ1v) is 8.07. The highest BCUT2D eigenvalue weighted by Gasteiger charge is 2.49. The zero-order valence-corrected chi connectivity index (χ0v) is 13.7. The van der Waals surface area contributed by atoms with Crippen molar-refractivity contribution in [2.24, 2.45) is 18.4 Å². The first-order chi connectivity index (χ1) is 10.4. The third kappa shape index (κ3) is 2.70. The Morgan fingerprint density at radius 3 is 2.73 bits per heavy atom. The molecule has 5 heteroatoms. The van der Waals surface area contributed by atoms with E-state index in [4.69, 9.17) is 0 Å². The molecule has 2 aliphatic rings. The Morgan fingerprint density at radius 2 is 2.05 bits per heavy atom. The van der Waals surface area contributed by atoms with Crippen LogP contribution in [0.3, 0.4) is 0 Å². The van der Waals surface area contributed by atoms with Gasteiger partial charge in [-0.05, 0) is 31.0 Å². The van der Waals surface area contributed by atoms with Crippen LogP contribution in [0.5, 0.6) is 0 Å². The van der Waals surface area contributed by atoms with Crippen LogP contribution in [0.4, 0.5) is 0 Å². The molecular weight excluding hydrogens is 278 g/mol. The average Bonchev–Trinajstić information content (AvgIpc) is 2.83. The van der Waals surface area contributed by atoms with E-state index in [0.29, 0.717) is 5.92 Å². The number of rotatable bonds is 3. The average molecular weight is 303 g/mol. The molecule has 1 aromatic rings. The SMILES string of the molecule is CC(C)CN1CCC2(C1)CN(C(=O)c1cccn(C)c1=O)C2. The van der Waals surface area contributed by atoms with E-state index in [9.17, 15) is 9.59 Å². The van der Waals surface area contributed by atoms with E-state index < -0.39 is 0 Å². The number of likely N-dealkylation sites (tertiary alicyclic amines) is 2. The van der Waals surface area contributed by atoms with Crippen LogP contribution in [-0.2, 0) is 7.05 Å². The van der Waals surface area contributed by atoms with E-state index >= 15 is 0 Å². The van der Waals surface area contributed by atoms with Gasteiger partial charge in [0.1, 0.15) is 5.56 Å². The molecule has 0 bridgehead atoms. The van der Waals surface area contributed by atoms with Crippen molar-refractivity contribution in [3.05, 3.63) is 34.2 Å². The van der Waals surface area contributed by atoms with Crippen LogP contribution in [0, 0.1) is 11.3 Å². The lowest BCUT2D eigenvalue weighted by molar-refractivity contribution is 0.0101. The van der Waals surface area contributed by atoms with Gasteiger partial charge >= 0.3 is 0 Å². The summed E-state index contributed by atoms with van der Waals surface area (Å²) < 4.78 is 1.46. The van der Waals surface area contributed by atoms with Crippen molar-refractivity contribution in [3.8, 4) is 0 Å². The number of carbonyl (C=O) groups excluding carboxylic acids is 1. The standard InChI is InChI=1S/C17H25N3O2/c1-13(2)9-19-8-6-17(10-19)11-20(12-17)16(22)14-5-4-7-18(3)15(14)21/h4-5,7,13H,6,8-12H2,1-3H3. The lowest BCUT2D eigenvalue weighted by atomic mass is 9.78. The van der Waals surface area contributed by atoms with E-state index in [0.717, 1.165) is 39.1 Å². The number of aryl methyl sites for hydroxylation is 1. The van der Waals surface area contributed by atoms with Gasteiger partial charge in [-0.15, -0.1) is 0 Å². The second-order valence-corrected chi connectivity index (χ2v) is 7.38. The summed E-state index contributed by atoms with van der Waals surface area (Å²) in [5, 5.41) is 0. The molecule has 0 atom stereocenters. The fourth-order valence-corrected chi connectivity index (χ4v) is 3.80. The summed E-state index contributed by atoms with van der Waals surface area (Å²) >= 11 is 0. The smallest absolute Gasteiger partial charge is 0.263 e. The van der Waals surface area contributed by atoms with Gasteiger partial charge in [0.15, 0.2) is 0 Å². The molecule has 0 N–H and O–H groups in total. The predicted octanol–water partition coefficient (Wildman–Crippen LogP) is 1.19. The maximum absolute atomic E-state index is 12.5. The van der Waals surface area contributed by atoms with Crippen LogP contribution in [0.1, 0.15) is 30.6 Å². The third-order valence-electron chi connectivity index (χ3n) is 4.83. The largest absolute Gasteiger partial charge is 0.337 e. The third-order valence-corrected chi connectivity index (χ3v) is 4.83. The molecule has 0 aliphatic carbocycles. The molecule has 0 aromatic carbocycles. The van der Waals surface area contributed by atoms with Crippen molar-refractivity contribution in [1.29, 1.82) is 0 Å². The summed E-state index contributed by atoms with van der Waals surface area (Å²) in [5.74, 6) is 0.564. The van der Waals surface area contributed by atoms with Crippen LogP contribution in [0.2, 0.25) is 0 Å². The highest BCUT2D eigenvalue weighted by Crippen LogP contribution is 2.40. The fraction of sp³-hybridized carbons (Fsp3) is 0.647. The Morgan fingerprint density at radius 1 is 1.32 bits per heavy atom. The molecule has 0 unspecified atom stereocenters. The highest BCUT2D eigenvalue weighted by atomic mass is 16.2. The summed E-state index contributed by atoms with van der Waals surface area (Å²) in [7, 11) is 1.68. The Hall–Kier alpha value is -1.62. The first kappa shape index (κ1) is 15.3. The van der Waals surface area contributed by atoms with Crippen molar-refractivity contribution < 1.29 is 4.79 Å². The van der Waals surface area contributed by atoms with E-state index in [1.54, 1.807) is 25.4 Å². The number of nitrogens with zero attached hydrogens (tertiary/aromatic N) is 3. The first-order valence-electron chi connectivity index (χ1n) is 8.07. The minimum atomic E-state index is -0.207. The van der Waals surface area contributed by atoms with Crippen molar-refractivity contribution in [2.45, 2.75) is 20.3 Å². The second-order valence-electron chi connectivity index (χ2n) is 7.38. The van der Waals surface area contributed by atoms with E-state index in [1.165, 1.54) is 4.57 Å². The topological polar surface area (TPSA) is 45.5 Å². The molecule has 120 valence electrons. The van der Waals surface area contributed by atoms with Crippen molar-refractivity contribution >= 4 is 5.91 Å². The summed E-state index contributed by atoms with van der Waals surface area (Å²) in [5.41, 5.74) is 0.350. The molecular formula is C17H25N3O2. The molecule has 2 fully saturated rings. The normalized spacial score (nSPS) is 20.6. The van der Waals surface area contributed by atoms with Crippen molar-refractivity contribution in [1.82, 2.24) is 14.4 Å². The Labute approximate surface area is 131 Å². The fourth-order valence-electron chi connectivity index (χ4n) is 3.80. The maximum Gasteiger partial charge on any atom is 0.263 e. The quantitative estimate of drug-likeness (QED) is 0.842. The van der Waals surface area contributed by atoms with E-state index in [1.807, 2.05) is 4.90 Å². The van der Waals surface area contributed by atoms with Gasteiger partial charge in [-0.2, -0.15) is 0 Å². The molecule has 2 saturated heterocycles.